The fourth-order valence-corrected chi connectivity index (χ4v) is 1.55. The van der Waals surface area contributed by atoms with Gasteiger partial charge >= 0.3 is 6.18 Å². The van der Waals surface area contributed by atoms with E-state index in [0.29, 0.717) is 6.54 Å². The molecule has 0 aromatic heterocycles. The quantitative estimate of drug-likeness (QED) is 0.648. The Morgan fingerprint density at radius 3 is 2.55 bits per heavy atom. The Kier molecular flexibility index (Phi) is 5.99. The van der Waals surface area contributed by atoms with Gasteiger partial charge < -0.3 is 10.6 Å². The Balaban J connectivity index is 2.90. The number of anilines is 1. The lowest BCUT2D eigenvalue weighted by molar-refractivity contribution is -0.136. The average molecular weight is 311 g/mol. The first-order chi connectivity index (χ1) is 10.3. The van der Waals surface area contributed by atoms with E-state index in [0.717, 1.165) is 12.3 Å². The van der Waals surface area contributed by atoms with Gasteiger partial charge in [0.05, 0.1) is 11.3 Å². The highest BCUT2D eigenvalue weighted by Gasteiger charge is 2.33. The van der Waals surface area contributed by atoms with E-state index in [4.69, 9.17) is 5.26 Å². The predicted octanol–water partition coefficient (Wildman–Crippen LogP) is 3.30. The molecule has 0 radical (unpaired) electrons. The summed E-state index contributed by atoms with van der Waals surface area (Å²) in [7, 11) is 0. The van der Waals surface area contributed by atoms with Gasteiger partial charge in [-0.3, -0.25) is 4.79 Å². The predicted molar refractivity (Wildman–Crippen MR) is 76.6 cm³/mol. The molecule has 1 rings (SSSR count). The summed E-state index contributed by atoms with van der Waals surface area (Å²) < 4.78 is 38.5. The molecule has 0 aliphatic carbocycles. The van der Waals surface area contributed by atoms with Gasteiger partial charge in [-0.15, -0.1) is 0 Å². The van der Waals surface area contributed by atoms with Crippen LogP contribution in [0.5, 0.6) is 0 Å². The molecule has 0 saturated carbocycles. The molecule has 2 N–H and O–H groups in total. The summed E-state index contributed by atoms with van der Waals surface area (Å²) in [5.41, 5.74) is -1.39. The van der Waals surface area contributed by atoms with E-state index in [1.165, 1.54) is 18.2 Å². The van der Waals surface area contributed by atoms with Gasteiger partial charge in [0.25, 0.3) is 5.91 Å². The molecule has 0 unspecified atom stereocenters. The molecule has 0 aliphatic rings. The molecule has 1 amide bonds. The van der Waals surface area contributed by atoms with Gasteiger partial charge in [-0.2, -0.15) is 18.4 Å². The van der Waals surface area contributed by atoms with Crippen molar-refractivity contribution in [2.24, 2.45) is 5.92 Å². The van der Waals surface area contributed by atoms with E-state index in [1.807, 2.05) is 13.8 Å². The van der Waals surface area contributed by atoms with Crippen molar-refractivity contribution in [2.45, 2.75) is 20.0 Å². The molecule has 0 spiro atoms. The molecule has 4 nitrogen and oxygen atoms in total. The minimum atomic E-state index is -4.52. The highest BCUT2D eigenvalue weighted by atomic mass is 19.4. The van der Waals surface area contributed by atoms with Gasteiger partial charge in [-0.25, -0.2) is 0 Å². The van der Waals surface area contributed by atoms with Crippen molar-refractivity contribution >= 4 is 11.6 Å². The first-order valence-corrected chi connectivity index (χ1v) is 6.57. The summed E-state index contributed by atoms with van der Waals surface area (Å²) in [6.45, 7) is 4.14. The molecule has 1 aromatic rings. The number of carbonyl (C=O) groups excluding carboxylic acids is 1. The highest BCUT2D eigenvalue weighted by molar-refractivity contribution is 5.97. The molecule has 118 valence electrons. The van der Waals surface area contributed by atoms with Crippen LogP contribution in [-0.2, 0) is 11.0 Å². The lowest BCUT2D eigenvalue weighted by Gasteiger charge is -2.12. The number of hydrogen-bond acceptors (Lipinski definition) is 3. The summed E-state index contributed by atoms with van der Waals surface area (Å²) >= 11 is 0. The van der Waals surface area contributed by atoms with Gasteiger partial charge in [0.1, 0.15) is 11.6 Å². The van der Waals surface area contributed by atoms with Crippen LogP contribution in [0.4, 0.5) is 18.9 Å². The summed E-state index contributed by atoms with van der Waals surface area (Å²) in [5, 5.41) is 13.8. The Labute approximate surface area is 126 Å². The minimum Gasteiger partial charge on any atom is -0.360 e. The third-order valence-electron chi connectivity index (χ3n) is 2.64. The Hall–Kier alpha value is -2.49. The second-order valence-electron chi connectivity index (χ2n) is 4.96. The number of hydrogen-bond donors (Lipinski definition) is 2. The van der Waals surface area contributed by atoms with Crippen LogP contribution in [0.25, 0.3) is 0 Å². The molecule has 1 aromatic carbocycles. The number of halogens is 3. The number of para-hydroxylation sites is 1. The molecule has 0 fully saturated rings. The molecule has 0 saturated heterocycles. The molecule has 7 heteroatoms. The zero-order valence-electron chi connectivity index (χ0n) is 12.2. The minimum absolute atomic E-state index is 0.197. The summed E-state index contributed by atoms with van der Waals surface area (Å²) in [4.78, 5) is 11.7. The number of rotatable bonds is 5. The van der Waals surface area contributed by atoms with E-state index in [-0.39, 0.29) is 17.2 Å². The lowest BCUT2D eigenvalue weighted by atomic mass is 10.1. The SMILES string of the molecule is CC(C)CNC(=O)/C(C#N)=C\Nc1ccccc1C(F)(F)F. The third kappa shape index (κ3) is 5.13. The van der Waals surface area contributed by atoms with Gasteiger partial charge in [-0.1, -0.05) is 26.0 Å². The number of nitrogens with one attached hydrogen (secondary N) is 2. The van der Waals surface area contributed by atoms with Gasteiger partial charge in [0, 0.05) is 12.7 Å². The van der Waals surface area contributed by atoms with E-state index in [9.17, 15) is 18.0 Å². The Bertz CT molecular complexity index is 601. The number of nitriles is 1. The first-order valence-electron chi connectivity index (χ1n) is 6.57. The van der Waals surface area contributed by atoms with Crippen LogP contribution in [-0.4, -0.2) is 12.5 Å². The largest absolute Gasteiger partial charge is 0.418 e. The molecule has 0 bridgehead atoms. The summed E-state index contributed by atoms with van der Waals surface area (Å²) in [5.74, 6) is -0.434. The van der Waals surface area contributed by atoms with Crippen LogP contribution in [0.15, 0.2) is 36.0 Å². The number of alkyl halides is 3. The van der Waals surface area contributed by atoms with Crippen molar-refractivity contribution in [1.82, 2.24) is 5.32 Å². The number of carbonyl (C=O) groups is 1. The third-order valence-corrected chi connectivity index (χ3v) is 2.64. The highest BCUT2D eigenvalue weighted by Crippen LogP contribution is 2.34. The second kappa shape index (κ2) is 7.50. The van der Waals surface area contributed by atoms with Crippen molar-refractivity contribution in [1.29, 1.82) is 5.26 Å². The maximum atomic E-state index is 12.8. The van der Waals surface area contributed by atoms with Crippen LogP contribution in [0.2, 0.25) is 0 Å². The molecule has 22 heavy (non-hydrogen) atoms. The molecular weight excluding hydrogens is 295 g/mol. The normalized spacial score (nSPS) is 12.0. The van der Waals surface area contributed by atoms with Gasteiger partial charge in [-0.05, 0) is 18.1 Å². The standard InChI is InChI=1S/C15H16F3N3O/c1-10(2)8-21-14(22)11(7-19)9-20-13-6-4-3-5-12(13)15(16,17)18/h3-6,9-10,20H,8H2,1-2H3,(H,21,22)/b11-9-. The molecule has 0 heterocycles. The van der Waals surface area contributed by atoms with Crippen molar-refractivity contribution in [3.8, 4) is 6.07 Å². The van der Waals surface area contributed by atoms with Gasteiger partial charge in [0.2, 0.25) is 0 Å². The van der Waals surface area contributed by atoms with Gasteiger partial charge in [0.15, 0.2) is 0 Å². The first kappa shape index (κ1) is 17.6. The summed E-state index contributed by atoms with van der Waals surface area (Å²) in [6, 6.07) is 6.49. The second-order valence-corrected chi connectivity index (χ2v) is 4.96. The Morgan fingerprint density at radius 1 is 1.36 bits per heavy atom. The maximum absolute atomic E-state index is 12.8. The number of amides is 1. The maximum Gasteiger partial charge on any atom is 0.418 e. The fraction of sp³-hybridized carbons (Fsp3) is 0.333. The van der Waals surface area contributed by atoms with E-state index in [1.54, 1.807) is 6.07 Å². The topological polar surface area (TPSA) is 64.9 Å². The summed E-state index contributed by atoms with van der Waals surface area (Å²) in [6.07, 6.45) is -3.55. The lowest BCUT2D eigenvalue weighted by Crippen LogP contribution is -2.28. The molecule has 0 atom stereocenters. The van der Waals surface area contributed by atoms with Crippen molar-refractivity contribution in [2.75, 3.05) is 11.9 Å². The van der Waals surface area contributed by atoms with E-state index < -0.39 is 17.6 Å². The average Bonchev–Trinajstić information content (AvgIpc) is 2.45. The monoisotopic (exact) mass is 311 g/mol. The number of nitrogens with zero attached hydrogens (tertiary/aromatic N) is 1. The zero-order chi connectivity index (χ0) is 16.8. The van der Waals surface area contributed by atoms with Crippen LogP contribution >= 0.6 is 0 Å². The van der Waals surface area contributed by atoms with E-state index >= 15 is 0 Å². The molecular formula is C15H16F3N3O. The van der Waals surface area contributed by atoms with Crippen molar-refractivity contribution in [3.63, 3.8) is 0 Å². The number of benzene rings is 1. The van der Waals surface area contributed by atoms with Crippen LogP contribution in [0.3, 0.4) is 0 Å². The van der Waals surface area contributed by atoms with Crippen molar-refractivity contribution in [3.05, 3.63) is 41.6 Å². The van der Waals surface area contributed by atoms with Crippen molar-refractivity contribution < 1.29 is 18.0 Å². The zero-order valence-corrected chi connectivity index (χ0v) is 12.2. The Morgan fingerprint density at radius 2 is 2.00 bits per heavy atom. The van der Waals surface area contributed by atoms with Crippen LogP contribution < -0.4 is 10.6 Å². The van der Waals surface area contributed by atoms with Crippen LogP contribution in [0, 0.1) is 17.2 Å². The fourth-order valence-electron chi connectivity index (χ4n) is 1.55. The smallest absolute Gasteiger partial charge is 0.360 e. The van der Waals surface area contributed by atoms with Crippen LogP contribution in [0.1, 0.15) is 19.4 Å². The molecule has 0 aliphatic heterocycles. The van der Waals surface area contributed by atoms with E-state index in [2.05, 4.69) is 10.6 Å².